The van der Waals surface area contributed by atoms with Crippen LogP contribution in [-0.2, 0) is 11.2 Å². The zero-order valence-electron chi connectivity index (χ0n) is 9.42. The van der Waals surface area contributed by atoms with E-state index in [9.17, 15) is 9.59 Å². The van der Waals surface area contributed by atoms with Gasteiger partial charge in [0.15, 0.2) is 0 Å². The molecule has 5 N–H and O–H groups in total. The number of carbonyl (C=O) groups is 1. The Morgan fingerprint density at radius 3 is 2.89 bits per heavy atom. The molecule has 0 aromatic carbocycles. The second-order valence-electron chi connectivity index (χ2n) is 3.83. The Kier molecular flexibility index (Phi) is 3.42. The van der Waals surface area contributed by atoms with Crippen LogP contribution in [0.3, 0.4) is 0 Å². The molecule has 0 fully saturated rings. The van der Waals surface area contributed by atoms with Crippen LogP contribution in [0.25, 0.3) is 0 Å². The predicted octanol–water partition coefficient (Wildman–Crippen LogP) is 0.521. The van der Waals surface area contributed by atoms with Crippen LogP contribution in [0.1, 0.15) is 17.2 Å². The number of thiophene rings is 1. The van der Waals surface area contributed by atoms with Gasteiger partial charge in [0, 0.05) is 0 Å². The smallest absolute Gasteiger partial charge is 0.275 e. The molecule has 0 aliphatic carbocycles. The van der Waals surface area contributed by atoms with E-state index < -0.39 is 11.5 Å². The van der Waals surface area contributed by atoms with E-state index in [4.69, 9.17) is 11.5 Å². The SMILES string of the molecule is Nc1nc(C(Cc2ccsc2)[14CH]=O)c(N)c(=O)[nH]1. The summed E-state index contributed by atoms with van der Waals surface area (Å²) in [6.07, 6.45) is 1.18. The summed E-state index contributed by atoms with van der Waals surface area (Å²) in [6.45, 7) is 0. The number of H-pyrrole nitrogens is 1. The molecule has 2 aromatic heterocycles. The molecule has 7 heteroatoms. The fourth-order valence-electron chi connectivity index (χ4n) is 1.67. The van der Waals surface area contributed by atoms with Gasteiger partial charge in [-0.1, -0.05) is 0 Å². The topological polar surface area (TPSA) is 115 Å². The lowest BCUT2D eigenvalue weighted by molar-refractivity contribution is -0.109. The average molecular weight is 266 g/mol. The van der Waals surface area contributed by atoms with Crippen LogP contribution >= 0.6 is 11.3 Å². The van der Waals surface area contributed by atoms with E-state index in [1.807, 2.05) is 16.8 Å². The van der Waals surface area contributed by atoms with Crippen LogP contribution in [0.2, 0.25) is 0 Å². The van der Waals surface area contributed by atoms with Gasteiger partial charge in [-0.25, -0.2) is 4.98 Å². The molecule has 1 atom stereocenters. The Labute approximate surface area is 107 Å². The van der Waals surface area contributed by atoms with Crippen molar-refractivity contribution in [1.29, 1.82) is 0 Å². The van der Waals surface area contributed by atoms with Crippen molar-refractivity contribution >= 4 is 29.3 Å². The van der Waals surface area contributed by atoms with Gasteiger partial charge in [0.2, 0.25) is 5.95 Å². The molecule has 18 heavy (non-hydrogen) atoms. The molecule has 0 saturated carbocycles. The van der Waals surface area contributed by atoms with Gasteiger partial charge in [0.25, 0.3) is 5.56 Å². The Morgan fingerprint density at radius 2 is 2.28 bits per heavy atom. The maximum Gasteiger partial charge on any atom is 0.275 e. The van der Waals surface area contributed by atoms with Gasteiger partial charge in [-0.15, -0.1) is 0 Å². The first kappa shape index (κ1) is 12.3. The van der Waals surface area contributed by atoms with Crippen LogP contribution in [0.4, 0.5) is 11.6 Å². The van der Waals surface area contributed by atoms with Crippen molar-refractivity contribution in [1.82, 2.24) is 9.97 Å². The van der Waals surface area contributed by atoms with Crippen molar-refractivity contribution < 1.29 is 4.79 Å². The normalized spacial score (nSPS) is 12.2. The maximum atomic E-state index is 11.5. The number of rotatable bonds is 4. The maximum absolute atomic E-state index is 11.5. The largest absolute Gasteiger partial charge is 0.393 e. The first-order valence-corrected chi connectivity index (χ1v) is 6.17. The Morgan fingerprint density at radius 1 is 1.50 bits per heavy atom. The summed E-state index contributed by atoms with van der Waals surface area (Å²) >= 11 is 1.54. The number of nitrogen functional groups attached to an aromatic ring is 2. The molecule has 6 nitrogen and oxygen atoms in total. The highest BCUT2D eigenvalue weighted by Crippen LogP contribution is 2.21. The number of nitrogens with zero attached hydrogens (tertiary/aromatic N) is 1. The van der Waals surface area contributed by atoms with Gasteiger partial charge < -0.3 is 16.3 Å². The Hall–Kier alpha value is -2.15. The molecule has 2 rings (SSSR count). The fourth-order valence-corrected chi connectivity index (χ4v) is 2.35. The number of carbonyl (C=O) groups excluding carboxylic acids is 1. The van der Waals surface area contributed by atoms with Crippen molar-refractivity contribution in [2.75, 3.05) is 11.5 Å². The van der Waals surface area contributed by atoms with E-state index in [0.29, 0.717) is 6.42 Å². The van der Waals surface area contributed by atoms with Gasteiger partial charge in [-0.05, 0) is 28.8 Å². The van der Waals surface area contributed by atoms with E-state index in [2.05, 4.69) is 9.97 Å². The van der Waals surface area contributed by atoms with E-state index >= 15 is 0 Å². The van der Waals surface area contributed by atoms with Crippen molar-refractivity contribution in [3.05, 3.63) is 38.4 Å². The highest BCUT2D eigenvalue weighted by atomic mass is 32.1. The number of hydrogen-bond acceptors (Lipinski definition) is 6. The van der Waals surface area contributed by atoms with E-state index in [0.717, 1.165) is 11.8 Å². The first-order chi connectivity index (χ1) is 8.61. The van der Waals surface area contributed by atoms with Gasteiger partial charge in [-0.3, -0.25) is 9.78 Å². The molecule has 0 aliphatic heterocycles. The third-order valence-corrected chi connectivity index (χ3v) is 3.29. The van der Waals surface area contributed by atoms with E-state index in [1.54, 1.807) is 0 Å². The predicted molar refractivity (Wildman–Crippen MR) is 70.5 cm³/mol. The highest BCUT2D eigenvalue weighted by molar-refractivity contribution is 7.07. The first-order valence-electron chi connectivity index (χ1n) is 5.23. The van der Waals surface area contributed by atoms with Crippen LogP contribution in [-0.4, -0.2) is 16.3 Å². The van der Waals surface area contributed by atoms with E-state index in [-0.39, 0.29) is 17.3 Å². The minimum absolute atomic E-state index is 0.0404. The number of aromatic nitrogens is 2. The van der Waals surface area contributed by atoms with Crippen LogP contribution in [0, 0.1) is 0 Å². The van der Waals surface area contributed by atoms with Crippen LogP contribution < -0.4 is 17.0 Å². The number of aldehydes is 1. The van der Waals surface area contributed by atoms with Crippen molar-refractivity contribution in [3.63, 3.8) is 0 Å². The van der Waals surface area contributed by atoms with Crippen molar-refractivity contribution in [3.8, 4) is 0 Å². The minimum atomic E-state index is -0.566. The zero-order chi connectivity index (χ0) is 13.1. The summed E-state index contributed by atoms with van der Waals surface area (Å²) in [5.41, 5.74) is 11.8. The summed E-state index contributed by atoms with van der Waals surface area (Å²) in [4.78, 5) is 28.9. The van der Waals surface area contributed by atoms with Gasteiger partial charge in [0.05, 0.1) is 11.6 Å². The molecule has 2 heterocycles. The van der Waals surface area contributed by atoms with E-state index in [1.165, 1.54) is 11.3 Å². The molecule has 1 unspecified atom stereocenters. The number of anilines is 2. The number of nitrogens with one attached hydrogen (secondary N) is 1. The summed E-state index contributed by atoms with van der Waals surface area (Å²) in [6, 6.07) is 1.91. The number of nitrogens with two attached hydrogens (primary N) is 2. The quantitative estimate of drug-likeness (QED) is 0.698. The minimum Gasteiger partial charge on any atom is -0.393 e. The fraction of sp³-hybridized carbons (Fsp3) is 0.182. The lowest BCUT2D eigenvalue weighted by Gasteiger charge is -2.11. The second-order valence-corrected chi connectivity index (χ2v) is 4.61. The lowest BCUT2D eigenvalue weighted by Crippen LogP contribution is -2.21. The molecule has 2 aromatic rings. The van der Waals surface area contributed by atoms with Gasteiger partial charge in [-0.2, -0.15) is 11.3 Å². The molecule has 0 spiro atoms. The molecule has 0 radical (unpaired) electrons. The third kappa shape index (κ3) is 2.40. The summed E-state index contributed by atoms with van der Waals surface area (Å²) in [7, 11) is 0. The van der Waals surface area contributed by atoms with Crippen molar-refractivity contribution in [2.45, 2.75) is 12.3 Å². The third-order valence-electron chi connectivity index (χ3n) is 2.55. The van der Waals surface area contributed by atoms with Crippen LogP contribution in [0.15, 0.2) is 21.6 Å². The Balaban J connectivity index is 2.39. The van der Waals surface area contributed by atoms with Crippen molar-refractivity contribution in [2.24, 2.45) is 0 Å². The lowest BCUT2D eigenvalue weighted by atomic mass is 10.1. The van der Waals surface area contributed by atoms with Gasteiger partial charge in [0.1, 0.15) is 12.0 Å². The summed E-state index contributed by atoms with van der Waals surface area (Å²) < 4.78 is 0. The number of aromatic amines is 1. The van der Waals surface area contributed by atoms with Crippen LogP contribution in [0.5, 0.6) is 0 Å². The zero-order valence-corrected chi connectivity index (χ0v) is 10.2. The molecule has 0 amide bonds. The Bertz CT molecular complexity index is 606. The standard InChI is InChI=1S/C11H12N4O2S/c12-8-9(14-11(13)15-10(8)17)7(4-16)3-6-1-2-18-5-6/h1-2,4-5,7H,3,12H2,(H3,13,14,15,17)/i4+2. The number of hydrogen-bond donors (Lipinski definition) is 3. The molecule has 94 valence electrons. The molecule has 0 bridgehead atoms. The average Bonchev–Trinajstić information content (AvgIpc) is 2.84. The molecular formula is C11H12N4O2S. The molecular weight excluding hydrogens is 254 g/mol. The van der Waals surface area contributed by atoms with Gasteiger partial charge >= 0.3 is 0 Å². The molecule has 0 aliphatic rings. The second kappa shape index (κ2) is 5.01. The molecule has 0 saturated heterocycles. The highest BCUT2D eigenvalue weighted by Gasteiger charge is 2.19. The summed E-state index contributed by atoms with van der Waals surface area (Å²) in [5, 5.41) is 3.85. The summed E-state index contributed by atoms with van der Waals surface area (Å²) in [5.74, 6) is -0.606. The monoisotopic (exact) mass is 266 g/mol.